The summed E-state index contributed by atoms with van der Waals surface area (Å²) in [6.07, 6.45) is 1.02. The second-order valence-electron chi connectivity index (χ2n) is 4.92. The summed E-state index contributed by atoms with van der Waals surface area (Å²) >= 11 is 0. The molecule has 1 heterocycles. The molecule has 2 unspecified atom stereocenters. The van der Waals surface area contributed by atoms with Crippen LogP contribution in [-0.2, 0) is 0 Å². The number of aliphatic hydroxyl groups is 1. The number of hydrogen-bond acceptors (Lipinski definition) is 2. The number of aliphatic hydroxyl groups excluding tert-OH is 1. The predicted octanol–water partition coefficient (Wildman–Crippen LogP) is 1.53. The highest BCUT2D eigenvalue weighted by Crippen LogP contribution is 2.36. The van der Waals surface area contributed by atoms with Gasteiger partial charge in [-0.2, -0.15) is 0 Å². The first kappa shape index (κ1) is 11.3. The molecule has 0 bridgehead atoms. The van der Waals surface area contributed by atoms with E-state index in [1.165, 1.54) is 0 Å². The van der Waals surface area contributed by atoms with E-state index in [1.807, 2.05) is 30.3 Å². The number of carbonyl (C=O) groups excluding carboxylic acids is 1. The van der Waals surface area contributed by atoms with Crippen molar-refractivity contribution >= 4 is 16.8 Å². The van der Waals surface area contributed by atoms with Crippen molar-refractivity contribution in [1.82, 2.24) is 10.3 Å². The molecule has 2 atom stereocenters. The van der Waals surface area contributed by atoms with Gasteiger partial charge in [0.1, 0.15) is 5.69 Å². The minimum absolute atomic E-state index is 0.0743. The van der Waals surface area contributed by atoms with Gasteiger partial charge in [0.15, 0.2) is 0 Å². The van der Waals surface area contributed by atoms with Gasteiger partial charge in [0.05, 0.1) is 0 Å². The second kappa shape index (κ2) is 4.46. The molecular weight excluding hydrogens is 228 g/mol. The lowest BCUT2D eigenvalue weighted by molar-refractivity contribution is 0.0946. The molecule has 2 aromatic rings. The zero-order chi connectivity index (χ0) is 12.5. The number of aromatic nitrogens is 1. The van der Waals surface area contributed by atoms with Crippen molar-refractivity contribution in [3.05, 3.63) is 36.0 Å². The van der Waals surface area contributed by atoms with Gasteiger partial charge in [-0.1, -0.05) is 18.2 Å². The van der Waals surface area contributed by atoms with Crippen LogP contribution in [0.1, 0.15) is 16.9 Å². The largest absolute Gasteiger partial charge is 0.396 e. The molecule has 1 aromatic heterocycles. The summed E-state index contributed by atoms with van der Waals surface area (Å²) in [5.41, 5.74) is 1.57. The maximum atomic E-state index is 11.9. The number of rotatable bonds is 4. The van der Waals surface area contributed by atoms with Gasteiger partial charge in [-0.05, 0) is 30.4 Å². The molecule has 94 valence electrons. The van der Waals surface area contributed by atoms with Crippen molar-refractivity contribution in [2.24, 2.45) is 11.8 Å². The summed E-state index contributed by atoms with van der Waals surface area (Å²) in [5.74, 6) is 0.756. The Morgan fingerprint density at radius 1 is 1.39 bits per heavy atom. The molecule has 3 rings (SSSR count). The average Bonchev–Trinajstić information content (AvgIpc) is 3.02. The minimum atomic E-state index is -0.0743. The molecule has 1 aliphatic carbocycles. The molecule has 1 aliphatic rings. The fourth-order valence-corrected chi connectivity index (χ4v) is 2.30. The zero-order valence-corrected chi connectivity index (χ0v) is 10.0. The highest BCUT2D eigenvalue weighted by atomic mass is 16.3. The molecule has 1 saturated carbocycles. The Kier molecular flexibility index (Phi) is 2.80. The number of benzene rings is 1. The summed E-state index contributed by atoms with van der Waals surface area (Å²) in [5, 5.41) is 12.9. The normalized spacial score (nSPS) is 22.1. The molecule has 4 nitrogen and oxygen atoms in total. The number of hydrogen-bond donors (Lipinski definition) is 3. The van der Waals surface area contributed by atoms with Gasteiger partial charge < -0.3 is 15.4 Å². The maximum Gasteiger partial charge on any atom is 0.267 e. The molecule has 0 spiro atoms. The summed E-state index contributed by atoms with van der Waals surface area (Å²) in [6.45, 7) is 0.881. The number of carbonyl (C=O) groups is 1. The van der Waals surface area contributed by atoms with Crippen molar-refractivity contribution < 1.29 is 9.90 Å². The summed E-state index contributed by atoms with van der Waals surface area (Å²) < 4.78 is 0. The molecule has 18 heavy (non-hydrogen) atoms. The van der Waals surface area contributed by atoms with Crippen molar-refractivity contribution in [3.63, 3.8) is 0 Å². The van der Waals surface area contributed by atoms with Crippen LogP contribution in [0.15, 0.2) is 30.3 Å². The van der Waals surface area contributed by atoms with E-state index in [2.05, 4.69) is 10.3 Å². The number of nitrogens with one attached hydrogen (secondary N) is 2. The number of fused-ring (bicyclic) bond motifs is 1. The lowest BCUT2D eigenvalue weighted by Gasteiger charge is -2.02. The maximum absolute atomic E-state index is 11.9. The van der Waals surface area contributed by atoms with E-state index < -0.39 is 0 Å². The Morgan fingerprint density at radius 2 is 2.22 bits per heavy atom. The van der Waals surface area contributed by atoms with Crippen LogP contribution in [0.5, 0.6) is 0 Å². The van der Waals surface area contributed by atoms with Crippen molar-refractivity contribution in [3.8, 4) is 0 Å². The van der Waals surface area contributed by atoms with Crippen LogP contribution in [0.25, 0.3) is 10.9 Å². The lowest BCUT2D eigenvalue weighted by atomic mass is 10.2. The fourth-order valence-electron chi connectivity index (χ4n) is 2.30. The molecule has 1 amide bonds. The average molecular weight is 244 g/mol. The predicted molar refractivity (Wildman–Crippen MR) is 69.3 cm³/mol. The molecule has 3 N–H and O–H groups in total. The Hall–Kier alpha value is -1.81. The van der Waals surface area contributed by atoms with Gasteiger partial charge >= 0.3 is 0 Å². The highest BCUT2D eigenvalue weighted by molar-refractivity contribution is 5.97. The Balaban J connectivity index is 1.65. The minimum Gasteiger partial charge on any atom is -0.396 e. The van der Waals surface area contributed by atoms with Crippen molar-refractivity contribution in [2.45, 2.75) is 6.42 Å². The zero-order valence-electron chi connectivity index (χ0n) is 10.0. The summed E-state index contributed by atoms with van der Waals surface area (Å²) in [7, 11) is 0. The van der Waals surface area contributed by atoms with Crippen molar-refractivity contribution in [2.75, 3.05) is 13.2 Å². The first-order valence-corrected chi connectivity index (χ1v) is 6.24. The van der Waals surface area contributed by atoms with Crippen LogP contribution < -0.4 is 5.32 Å². The third-order valence-electron chi connectivity index (χ3n) is 3.60. The van der Waals surface area contributed by atoms with Gasteiger partial charge in [-0.15, -0.1) is 0 Å². The topological polar surface area (TPSA) is 65.1 Å². The number of H-pyrrole nitrogens is 1. The number of amides is 1. The van der Waals surface area contributed by atoms with Gasteiger partial charge in [-0.25, -0.2) is 0 Å². The van der Waals surface area contributed by atoms with Gasteiger partial charge in [0.25, 0.3) is 5.91 Å². The Labute approximate surface area is 105 Å². The van der Waals surface area contributed by atoms with Crippen LogP contribution in [-0.4, -0.2) is 29.1 Å². The van der Waals surface area contributed by atoms with Crippen LogP contribution >= 0.6 is 0 Å². The lowest BCUT2D eigenvalue weighted by Crippen LogP contribution is -2.26. The standard InChI is InChI=1S/C14H16N2O2/c17-8-11-5-10(11)7-15-14(18)13-6-9-3-1-2-4-12(9)16-13/h1-4,6,10-11,16-17H,5,7-8H2,(H,15,18). The van der Waals surface area contributed by atoms with Gasteiger partial charge in [-0.3, -0.25) is 4.79 Å². The molecular formula is C14H16N2O2. The highest BCUT2D eigenvalue weighted by Gasteiger charge is 2.36. The van der Waals surface area contributed by atoms with Gasteiger partial charge in [0.2, 0.25) is 0 Å². The molecule has 4 heteroatoms. The van der Waals surface area contributed by atoms with E-state index in [9.17, 15) is 4.79 Å². The second-order valence-corrected chi connectivity index (χ2v) is 4.92. The summed E-state index contributed by atoms with van der Waals surface area (Å²) in [6, 6.07) is 9.69. The van der Waals surface area contributed by atoms with E-state index in [1.54, 1.807) is 0 Å². The molecule has 1 aromatic carbocycles. The smallest absolute Gasteiger partial charge is 0.267 e. The van der Waals surface area contributed by atoms with Crippen LogP contribution in [0.3, 0.4) is 0 Å². The van der Waals surface area contributed by atoms with Crippen LogP contribution in [0.4, 0.5) is 0 Å². The van der Waals surface area contributed by atoms with Crippen molar-refractivity contribution in [1.29, 1.82) is 0 Å². The third kappa shape index (κ3) is 2.11. The van der Waals surface area contributed by atoms with Gasteiger partial charge in [0, 0.05) is 24.1 Å². The summed E-state index contributed by atoms with van der Waals surface area (Å²) in [4.78, 5) is 15.0. The molecule has 0 radical (unpaired) electrons. The first-order chi connectivity index (χ1) is 8.78. The number of para-hydroxylation sites is 1. The Bertz CT molecular complexity index is 543. The quantitative estimate of drug-likeness (QED) is 0.763. The van der Waals surface area contributed by atoms with E-state index in [0.717, 1.165) is 17.3 Å². The van der Waals surface area contributed by atoms with Crippen LogP contribution in [0, 0.1) is 11.8 Å². The van der Waals surface area contributed by atoms with E-state index in [-0.39, 0.29) is 12.5 Å². The number of aromatic amines is 1. The molecule has 0 aliphatic heterocycles. The monoisotopic (exact) mass is 244 g/mol. The SMILES string of the molecule is O=C(NCC1CC1CO)c1cc2ccccc2[nH]1. The molecule has 1 fully saturated rings. The van der Waals surface area contributed by atoms with E-state index >= 15 is 0 Å². The fraction of sp³-hybridized carbons (Fsp3) is 0.357. The molecule has 0 saturated heterocycles. The Morgan fingerprint density at radius 3 is 2.94 bits per heavy atom. The van der Waals surface area contributed by atoms with E-state index in [4.69, 9.17) is 5.11 Å². The van der Waals surface area contributed by atoms with Crippen LogP contribution in [0.2, 0.25) is 0 Å². The van der Waals surface area contributed by atoms with E-state index in [0.29, 0.717) is 24.1 Å². The first-order valence-electron chi connectivity index (χ1n) is 6.24. The third-order valence-corrected chi connectivity index (χ3v) is 3.60.